The van der Waals surface area contributed by atoms with Crippen molar-refractivity contribution in [3.63, 3.8) is 0 Å². The maximum absolute atomic E-state index is 11.7. The first kappa shape index (κ1) is 11.3. The van der Waals surface area contributed by atoms with Crippen LogP contribution in [0, 0.1) is 16.0 Å². The molecule has 2 rings (SSSR count). The molecule has 1 saturated heterocycles. The van der Waals surface area contributed by atoms with Gasteiger partial charge in [0.05, 0.1) is 0 Å². The monoisotopic (exact) mass is 233 g/mol. The van der Waals surface area contributed by atoms with Crippen LogP contribution in [0.15, 0.2) is 31.0 Å². The van der Waals surface area contributed by atoms with Crippen LogP contribution in [0.4, 0.5) is 11.5 Å². The number of anilines is 1. The summed E-state index contributed by atoms with van der Waals surface area (Å²) in [5, 5.41) is 10.8. The smallest absolute Gasteiger partial charge is 0.358 e. The number of amides is 1. The molecule has 1 atom stereocenters. The van der Waals surface area contributed by atoms with E-state index >= 15 is 0 Å². The molecule has 0 radical (unpaired) electrons. The highest BCUT2D eigenvalue weighted by molar-refractivity contribution is 5.97. The molecule has 2 heterocycles. The fourth-order valence-electron chi connectivity index (χ4n) is 1.87. The molecule has 0 saturated carbocycles. The van der Waals surface area contributed by atoms with Gasteiger partial charge < -0.3 is 15.0 Å². The number of pyridine rings is 1. The van der Waals surface area contributed by atoms with E-state index in [1.54, 1.807) is 12.1 Å². The Morgan fingerprint density at radius 3 is 3.00 bits per heavy atom. The Balaban J connectivity index is 2.38. The molecular weight excluding hydrogens is 222 g/mol. The minimum atomic E-state index is -0.580. The van der Waals surface area contributed by atoms with E-state index in [0.717, 1.165) is 0 Å². The number of rotatable bonds is 3. The molecule has 1 unspecified atom stereocenters. The van der Waals surface area contributed by atoms with Gasteiger partial charge in [-0.15, -0.1) is 6.58 Å². The summed E-state index contributed by atoms with van der Waals surface area (Å²) >= 11 is 0. The van der Waals surface area contributed by atoms with Crippen LogP contribution in [0.5, 0.6) is 0 Å². The lowest BCUT2D eigenvalue weighted by Crippen LogP contribution is -2.25. The van der Waals surface area contributed by atoms with Crippen molar-refractivity contribution in [2.24, 2.45) is 5.92 Å². The summed E-state index contributed by atoms with van der Waals surface area (Å²) in [6.45, 7) is 4.06. The third-order valence-corrected chi connectivity index (χ3v) is 2.72. The maximum atomic E-state index is 11.7. The SMILES string of the molecule is C=CC1CC(=O)N(c2cccnc2[N+](=O)[O-])C1. The van der Waals surface area contributed by atoms with E-state index in [0.29, 0.717) is 13.0 Å². The van der Waals surface area contributed by atoms with Crippen molar-refractivity contribution in [1.29, 1.82) is 0 Å². The van der Waals surface area contributed by atoms with Crippen LogP contribution in [-0.2, 0) is 4.79 Å². The minimum absolute atomic E-state index is 0.0438. The highest BCUT2D eigenvalue weighted by atomic mass is 16.6. The van der Waals surface area contributed by atoms with Crippen LogP contribution in [0.25, 0.3) is 0 Å². The first-order chi connectivity index (χ1) is 8.13. The summed E-state index contributed by atoms with van der Waals surface area (Å²) in [6.07, 6.45) is 3.38. The molecule has 17 heavy (non-hydrogen) atoms. The zero-order valence-corrected chi connectivity index (χ0v) is 9.07. The predicted molar refractivity (Wildman–Crippen MR) is 61.5 cm³/mol. The van der Waals surface area contributed by atoms with E-state index in [1.165, 1.54) is 17.2 Å². The molecule has 1 amide bonds. The number of carbonyl (C=O) groups is 1. The molecule has 6 heteroatoms. The average molecular weight is 233 g/mol. The Morgan fingerprint density at radius 2 is 2.41 bits per heavy atom. The Hall–Kier alpha value is -2.24. The number of hydrogen-bond donors (Lipinski definition) is 0. The van der Waals surface area contributed by atoms with E-state index in [1.807, 2.05) is 0 Å². The van der Waals surface area contributed by atoms with Crippen molar-refractivity contribution in [3.05, 3.63) is 41.1 Å². The van der Waals surface area contributed by atoms with Crippen molar-refractivity contribution in [3.8, 4) is 0 Å². The molecule has 1 aromatic rings. The van der Waals surface area contributed by atoms with Gasteiger partial charge in [0.15, 0.2) is 0 Å². The second-order valence-electron chi connectivity index (χ2n) is 3.81. The minimum Gasteiger partial charge on any atom is -0.358 e. The zero-order valence-electron chi connectivity index (χ0n) is 9.07. The van der Waals surface area contributed by atoms with E-state index < -0.39 is 4.92 Å². The van der Waals surface area contributed by atoms with Crippen molar-refractivity contribution in [2.75, 3.05) is 11.4 Å². The number of aromatic nitrogens is 1. The van der Waals surface area contributed by atoms with Gasteiger partial charge in [0.2, 0.25) is 5.91 Å². The van der Waals surface area contributed by atoms with Crippen molar-refractivity contribution in [1.82, 2.24) is 4.98 Å². The fraction of sp³-hybridized carbons (Fsp3) is 0.273. The number of carbonyl (C=O) groups excluding carboxylic acids is 1. The Kier molecular flexibility index (Phi) is 2.86. The lowest BCUT2D eigenvalue weighted by molar-refractivity contribution is -0.388. The number of nitro groups is 1. The van der Waals surface area contributed by atoms with E-state index in [4.69, 9.17) is 0 Å². The van der Waals surface area contributed by atoms with Crippen molar-refractivity contribution >= 4 is 17.4 Å². The maximum Gasteiger partial charge on any atom is 0.387 e. The van der Waals surface area contributed by atoms with Crippen molar-refractivity contribution in [2.45, 2.75) is 6.42 Å². The highest BCUT2D eigenvalue weighted by Gasteiger charge is 2.33. The lowest BCUT2D eigenvalue weighted by atomic mass is 10.1. The van der Waals surface area contributed by atoms with Crippen LogP contribution in [0.3, 0.4) is 0 Å². The molecule has 0 aliphatic carbocycles. The Morgan fingerprint density at radius 1 is 1.65 bits per heavy atom. The molecule has 1 fully saturated rings. The molecule has 0 spiro atoms. The van der Waals surface area contributed by atoms with Gasteiger partial charge in [-0.05, 0) is 22.0 Å². The summed E-state index contributed by atoms with van der Waals surface area (Å²) in [5.74, 6) is -0.376. The first-order valence-corrected chi connectivity index (χ1v) is 5.16. The lowest BCUT2D eigenvalue weighted by Gasteiger charge is -2.15. The second kappa shape index (κ2) is 4.32. The third kappa shape index (κ3) is 2.01. The summed E-state index contributed by atoms with van der Waals surface area (Å²) < 4.78 is 0. The Labute approximate surface area is 97.7 Å². The quantitative estimate of drug-likeness (QED) is 0.450. The summed E-state index contributed by atoms with van der Waals surface area (Å²) in [5.41, 5.74) is 0.256. The van der Waals surface area contributed by atoms with Gasteiger partial charge in [-0.1, -0.05) is 6.08 Å². The molecule has 6 nitrogen and oxygen atoms in total. The van der Waals surface area contributed by atoms with E-state index in [9.17, 15) is 14.9 Å². The summed E-state index contributed by atoms with van der Waals surface area (Å²) in [7, 11) is 0. The van der Waals surface area contributed by atoms with E-state index in [2.05, 4.69) is 11.6 Å². The molecule has 0 bridgehead atoms. The average Bonchev–Trinajstić information content (AvgIpc) is 2.70. The molecule has 88 valence electrons. The van der Waals surface area contributed by atoms with Crippen LogP contribution in [0.1, 0.15) is 6.42 Å². The standard InChI is InChI=1S/C11H11N3O3/c1-2-8-6-10(15)13(7-8)9-4-3-5-12-11(9)14(16)17/h2-5,8H,1,6-7H2. The zero-order chi connectivity index (χ0) is 12.4. The largest absolute Gasteiger partial charge is 0.387 e. The van der Waals surface area contributed by atoms with Crippen LogP contribution in [-0.4, -0.2) is 22.4 Å². The number of hydrogen-bond acceptors (Lipinski definition) is 4. The summed E-state index contributed by atoms with van der Waals surface area (Å²) in [4.78, 5) is 27.1. The van der Waals surface area contributed by atoms with Gasteiger partial charge in [-0.25, -0.2) is 0 Å². The molecule has 0 N–H and O–H groups in total. The highest BCUT2D eigenvalue weighted by Crippen LogP contribution is 2.31. The van der Waals surface area contributed by atoms with E-state index in [-0.39, 0.29) is 23.3 Å². The van der Waals surface area contributed by atoms with Crippen LogP contribution >= 0.6 is 0 Å². The molecule has 0 aromatic carbocycles. The first-order valence-electron chi connectivity index (χ1n) is 5.16. The van der Waals surface area contributed by atoms with Gasteiger partial charge in [0, 0.05) is 18.9 Å². The molecule has 1 aromatic heterocycles. The van der Waals surface area contributed by atoms with Gasteiger partial charge in [0.25, 0.3) is 0 Å². The number of nitrogens with zero attached hydrogens (tertiary/aromatic N) is 3. The molecular formula is C11H11N3O3. The summed E-state index contributed by atoms with van der Waals surface area (Å²) in [6, 6.07) is 3.12. The van der Waals surface area contributed by atoms with Crippen LogP contribution < -0.4 is 4.90 Å². The third-order valence-electron chi connectivity index (χ3n) is 2.72. The fourth-order valence-corrected chi connectivity index (χ4v) is 1.87. The molecule has 1 aliphatic heterocycles. The predicted octanol–water partition coefficient (Wildman–Crippen LogP) is 1.53. The normalized spacial score (nSPS) is 19.4. The Bertz CT molecular complexity index is 487. The second-order valence-corrected chi connectivity index (χ2v) is 3.81. The van der Waals surface area contributed by atoms with Gasteiger partial charge in [-0.3, -0.25) is 4.79 Å². The topological polar surface area (TPSA) is 76.3 Å². The van der Waals surface area contributed by atoms with Gasteiger partial charge in [-0.2, -0.15) is 0 Å². The van der Waals surface area contributed by atoms with Crippen LogP contribution in [0.2, 0.25) is 0 Å². The van der Waals surface area contributed by atoms with Gasteiger partial charge in [0.1, 0.15) is 11.9 Å². The van der Waals surface area contributed by atoms with Crippen molar-refractivity contribution < 1.29 is 9.72 Å². The van der Waals surface area contributed by atoms with Gasteiger partial charge >= 0.3 is 5.82 Å². The molecule has 1 aliphatic rings.